The molecule has 670 valence electrons. The van der Waals surface area contributed by atoms with Crippen LogP contribution in [0.1, 0.15) is 91.6 Å². The number of hydrogen-bond acceptors (Lipinski definition) is 4. The summed E-state index contributed by atoms with van der Waals surface area (Å²) in [7, 11) is 0. The third-order valence-corrected chi connectivity index (χ3v) is 30.1. The maximum Gasteiger partial charge on any atom is 0.137 e. The molecule has 1 heterocycles. The smallest absolute Gasteiger partial charge is 0.137 e. The third kappa shape index (κ3) is 15.2. The van der Waals surface area contributed by atoms with Gasteiger partial charge in [0.1, 0.15) is 11.2 Å². The lowest BCUT2D eigenvalue weighted by Crippen LogP contribution is -2.17. The van der Waals surface area contributed by atoms with Gasteiger partial charge in [0.25, 0.3) is 0 Å². The number of benzene rings is 22. The number of para-hydroxylation sites is 1. The average molecular weight is 1800 g/mol. The first-order valence-corrected chi connectivity index (χ1v) is 49.0. The summed E-state index contributed by atoms with van der Waals surface area (Å²) in [6.45, 7) is 20.8. The minimum atomic E-state index is -0.0920. The van der Waals surface area contributed by atoms with Crippen molar-refractivity contribution in [2.75, 3.05) is 14.7 Å². The molecular weight excluding hydrogens is 1690 g/mol. The van der Waals surface area contributed by atoms with Crippen LogP contribution in [0.3, 0.4) is 0 Å². The first-order chi connectivity index (χ1) is 68.4. The normalized spacial score (nSPS) is 13.1. The SMILES string of the molecule is Cc1cc(-c2ccc3ccccc3c2)ccc1N(c1ccc(-c2cccc3ccccc23)cc1)c1ccc2c(c1)C(C)(C)c1ccccc1-2.Cc1cc(-c2ccc3ccccc3c2)ccc1N(c1ccc(-c2ccccc2)cc1)c1ccc2c(c1)C(C)(C)c1ccccc1-2.Cc1cc(-c2ccc3ccccc3c2)ccc1N(c1ccc2c(c1)C(C)(C)c1ccccc1-2)c1ccc2c(c1)oc1ccccc12. The second kappa shape index (κ2) is 34.7. The summed E-state index contributed by atoms with van der Waals surface area (Å²) >= 11 is 0. The molecule has 0 radical (unpaired) electrons. The van der Waals surface area contributed by atoms with Gasteiger partial charge in [-0.2, -0.15) is 0 Å². The van der Waals surface area contributed by atoms with E-state index in [1.807, 2.05) is 12.1 Å². The molecule has 0 saturated carbocycles. The summed E-state index contributed by atoms with van der Waals surface area (Å²) in [5.74, 6) is 0. The van der Waals surface area contributed by atoms with E-state index < -0.39 is 0 Å². The molecule has 0 fully saturated rings. The molecule has 1 aromatic heterocycles. The highest BCUT2D eigenvalue weighted by Crippen LogP contribution is 2.56. The molecule has 0 bridgehead atoms. The molecule has 4 heteroatoms. The van der Waals surface area contributed by atoms with Crippen LogP contribution < -0.4 is 14.7 Å². The largest absolute Gasteiger partial charge is 0.456 e. The van der Waals surface area contributed by atoms with Crippen molar-refractivity contribution in [3.8, 4) is 89.0 Å². The Kier molecular flexibility index (Phi) is 21.3. The van der Waals surface area contributed by atoms with Crippen LogP contribution in [-0.2, 0) is 16.2 Å². The number of hydrogen-bond donors (Lipinski definition) is 0. The van der Waals surface area contributed by atoms with Gasteiger partial charge in [-0.1, -0.05) is 375 Å². The topological polar surface area (TPSA) is 22.9 Å². The fourth-order valence-electron chi connectivity index (χ4n) is 22.7. The van der Waals surface area contributed by atoms with Crippen molar-refractivity contribution >= 4 is 116 Å². The zero-order valence-electron chi connectivity index (χ0n) is 80.3. The van der Waals surface area contributed by atoms with Crippen LogP contribution in [0.15, 0.2) is 478 Å². The summed E-state index contributed by atoms with van der Waals surface area (Å²) in [5, 5.41) is 12.4. The van der Waals surface area contributed by atoms with E-state index in [0.29, 0.717) is 0 Å². The van der Waals surface area contributed by atoms with Crippen LogP contribution in [0, 0.1) is 20.8 Å². The Balaban J connectivity index is 0.000000114. The van der Waals surface area contributed by atoms with Gasteiger partial charge in [-0.3, -0.25) is 0 Å². The maximum absolute atomic E-state index is 6.38. The third-order valence-electron chi connectivity index (χ3n) is 30.1. The van der Waals surface area contributed by atoms with E-state index in [2.05, 4.69) is 538 Å². The second-order valence-corrected chi connectivity index (χ2v) is 39.7. The maximum atomic E-state index is 6.38. The molecule has 3 aliphatic carbocycles. The van der Waals surface area contributed by atoms with Gasteiger partial charge in [0, 0.05) is 84.3 Å². The van der Waals surface area contributed by atoms with Crippen molar-refractivity contribution < 1.29 is 4.42 Å². The van der Waals surface area contributed by atoms with Gasteiger partial charge in [-0.25, -0.2) is 0 Å². The molecule has 4 nitrogen and oxygen atoms in total. The standard InChI is InChI=1S/C48H37N.C44H33NO.C44H35N/c1-32-29-37(38-20-19-33-11-4-5-13-36(33)30-38)23-28-47(32)49(40-26-27-44-43-16-8-9-18-45(43)48(2,3)46(44)31-40)39-24-21-35(22-25-39)42-17-10-14-34-12-6-7-15-41(34)42;1-28-24-31(32-17-16-29-10-4-5-11-30(29)25-32)18-23-41(28)45(34-20-22-38-37-13-7-9-15-42(37)46-43(38)27-34)33-19-21-36-35-12-6-8-14-39(35)44(2,3)40(36)26-33;1-30-27-35(36-18-17-32-13-7-8-14-34(32)28-36)21-26-43(30)45(37-22-19-33(20-23-37)31-11-5-4-6-12-31)38-24-25-40-39-15-9-10-16-41(39)44(2,3)42(40)29-38/h4-31H,1-3H3;4-27H,1-3H3;4-29H,1-3H3. The van der Waals surface area contributed by atoms with E-state index in [9.17, 15) is 0 Å². The van der Waals surface area contributed by atoms with Crippen molar-refractivity contribution in [1.29, 1.82) is 0 Å². The Morgan fingerprint density at radius 2 is 0.450 bits per heavy atom. The van der Waals surface area contributed by atoms with Crippen LogP contribution in [0.4, 0.5) is 51.2 Å². The molecule has 0 aliphatic heterocycles. The van der Waals surface area contributed by atoms with Crippen LogP contribution >= 0.6 is 0 Å². The van der Waals surface area contributed by atoms with Crippen LogP contribution in [-0.4, -0.2) is 0 Å². The van der Waals surface area contributed by atoms with Gasteiger partial charge >= 0.3 is 0 Å². The highest BCUT2D eigenvalue weighted by Gasteiger charge is 2.40. The number of aryl methyl sites for hydroxylation is 3. The molecule has 22 aromatic carbocycles. The van der Waals surface area contributed by atoms with Crippen LogP contribution in [0.5, 0.6) is 0 Å². The number of fused-ring (bicyclic) bond motifs is 16. The van der Waals surface area contributed by atoms with Gasteiger partial charge in [-0.05, 0) is 336 Å². The lowest BCUT2D eigenvalue weighted by molar-refractivity contribution is 0.660. The van der Waals surface area contributed by atoms with Crippen molar-refractivity contribution in [3.05, 3.63) is 523 Å². The Morgan fingerprint density at radius 1 is 0.164 bits per heavy atom. The van der Waals surface area contributed by atoms with Crippen LogP contribution in [0.25, 0.3) is 154 Å². The van der Waals surface area contributed by atoms with E-state index in [1.54, 1.807) is 0 Å². The summed E-state index contributed by atoms with van der Waals surface area (Å²) in [6, 6.07) is 173. The molecule has 3 aliphatic rings. The molecule has 140 heavy (non-hydrogen) atoms. The highest BCUT2D eigenvalue weighted by molar-refractivity contribution is 6.07. The molecule has 0 spiro atoms. The zero-order chi connectivity index (χ0) is 94.7. The minimum absolute atomic E-state index is 0.0697. The van der Waals surface area contributed by atoms with Gasteiger partial charge < -0.3 is 19.1 Å². The number of furan rings is 1. The summed E-state index contributed by atoms with van der Waals surface area (Å²) < 4.78 is 6.38. The van der Waals surface area contributed by atoms with E-state index in [4.69, 9.17) is 4.42 Å². The van der Waals surface area contributed by atoms with E-state index >= 15 is 0 Å². The molecule has 0 N–H and O–H groups in total. The van der Waals surface area contributed by atoms with E-state index in [1.165, 1.54) is 205 Å². The predicted molar refractivity (Wildman–Crippen MR) is 595 cm³/mol. The van der Waals surface area contributed by atoms with Crippen molar-refractivity contribution in [3.63, 3.8) is 0 Å². The molecule has 0 saturated heterocycles. The number of anilines is 9. The van der Waals surface area contributed by atoms with Crippen molar-refractivity contribution in [1.82, 2.24) is 0 Å². The number of nitrogens with zero attached hydrogens (tertiary/aromatic N) is 3. The van der Waals surface area contributed by atoms with Gasteiger partial charge in [0.05, 0.1) is 0 Å². The fraction of sp³-hybridized carbons (Fsp3) is 0.0882. The minimum Gasteiger partial charge on any atom is -0.456 e. The Morgan fingerprint density at radius 3 is 0.879 bits per heavy atom. The molecular formula is C136H105N3O. The molecule has 0 atom stereocenters. The summed E-state index contributed by atoms with van der Waals surface area (Å²) in [4.78, 5) is 7.25. The summed E-state index contributed by atoms with van der Waals surface area (Å²) in [6.07, 6.45) is 0. The van der Waals surface area contributed by atoms with Crippen molar-refractivity contribution in [2.24, 2.45) is 0 Å². The zero-order valence-corrected chi connectivity index (χ0v) is 80.3. The summed E-state index contributed by atoms with van der Waals surface area (Å²) in [5.41, 5.74) is 44.1. The highest BCUT2D eigenvalue weighted by atomic mass is 16.3. The Bertz CT molecular complexity index is 8830. The lowest BCUT2D eigenvalue weighted by Gasteiger charge is -2.29. The molecule has 0 unspecified atom stereocenters. The van der Waals surface area contributed by atoms with Crippen LogP contribution in [0.2, 0.25) is 0 Å². The average Bonchev–Trinajstić information content (AvgIpc) is 1.58. The second-order valence-electron chi connectivity index (χ2n) is 39.7. The first kappa shape index (κ1) is 86.0. The predicted octanol–water partition coefficient (Wildman–Crippen LogP) is 38.2. The Hall–Kier alpha value is -16.9. The lowest BCUT2D eigenvalue weighted by atomic mass is 9.82. The quantitative estimate of drug-likeness (QED) is 0.108. The van der Waals surface area contributed by atoms with E-state index in [-0.39, 0.29) is 16.2 Å². The fourth-order valence-corrected chi connectivity index (χ4v) is 22.7. The molecule has 26 rings (SSSR count). The first-order valence-electron chi connectivity index (χ1n) is 49.0. The van der Waals surface area contributed by atoms with Crippen molar-refractivity contribution in [2.45, 2.75) is 78.6 Å². The van der Waals surface area contributed by atoms with Gasteiger partial charge in [-0.15, -0.1) is 0 Å². The Labute approximate surface area is 820 Å². The van der Waals surface area contributed by atoms with E-state index in [0.717, 1.165) is 50.4 Å². The van der Waals surface area contributed by atoms with Gasteiger partial charge in [0.2, 0.25) is 0 Å². The number of rotatable bonds is 14. The van der Waals surface area contributed by atoms with Gasteiger partial charge in [0.15, 0.2) is 0 Å². The monoisotopic (exact) mass is 1800 g/mol. The molecule has 0 amide bonds. The molecule has 23 aromatic rings.